The van der Waals surface area contributed by atoms with Gasteiger partial charge in [0.25, 0.3) is 0 Å². The molecule has 0 aliphatic heterocycles. The summed E-state index contributed by atoms with van der Waals surface area (Å²) in [5, 5.41) is 3.20. The van der Waals surface area contributed by atoms with Crippen LogP contribution in [0.5, 0.6) is 0 Å². The van der Waals surface area contributed by atoms with Crippen molar-refractivity contribution >= 4 is 12.4 Å². The largest absolute Gasteiger partial charge is 0.323 e. The highest BCUT2D eigenvalue weighted by Crippen LogP contribution is 1.57. The third-order valence-electron chi connectivity index (χ3n) is 0.441. The summed E-state index contributed by atoms with van der Waals surface area (Å²) < 4.78 is 0. The molecule has 0 amide bonds. The first kappa shape index (κ1) is 6.14. The summed E-state index contributed by atoms with van der Waals surface area (Å²) in [4.78, 5) is 3.81. The quantitative estimate of drug-likeness (QED) is 0.296. The van der Waals surface area contributed by atoms with Gasteiger partial charge in [0.05, 0.1) is 6.21 Å². The highest BCUT2D eigenvalue weighted by atomic mass is 15.1. The standard InChI is InChI=1S/C4H9N3/c1-2-6-3-4-7-5/h3-4H,2,5H2,1H3/b6-3?,7-4-. The molecule has 0 aromatic rings. The predicted molar refractivity (Wildman–Crippen MR) is 31.7 cm³/mol. The summed E-state index contributed by atoms with van der Waals surface area (Å²) in [6, 6.07) is 0. The molecule has 40 valence electrons. The SMILES string of the molecule is CCN=C/C=N\N. The Balaban J connectivity index is 3.09. The maximum Gasteiger partial charge on any atom is 0.0644 e. The van der Waals surface area contributed by atoms with Gasteiger partial charge < -0.3 is 5.84 Å². The Morgan fingerprint density at radius 2 is 2.29 bits per heavy atom. The number of aliphatic imine (C=N–C) groups is 1. The maximum atomic E-state index is 4.75. The molecule has 0 bridgehead atoms. The number of hydrazone groups is 1. The van der Waals surface area contributed by atoms with Gasteiger partial charge in [-0.1, -0.05) is 0 Å². The van der Waals surface area contributed by atoms with E-state index in [2.05, 4.69) is 10.1 Å². The third kappa shape index (κ3) is 5.14. The summed E-state index contributed by atoms with van der Waals surface area (Å²) in [5.74, 6) is 4.75. The van der Waals surface area contributed by atoms with Gasteiger partial charge in [0.1, 0.15) is 0 Å². The summed E-state index contributed by atoms with van der Waals surface area (Å²) in [5.41, 5.74) is 0. The first-order valence-electron chi connectivity index (χ1n) is 2.13. The highest BCUT2D eigenvalue weighted by Gasteiger charge is 1.58. The van der Waals surface area contributed by atoms with Gasteiger partial charge in [0.15, 0.2) is 0 Å². The average molecular weight is 99.1 g/mol. The van der Waals surface area contributed by atoms with Gasteiger partial charge in [-0.25, -0.2) is 0 Å². The lowest BCUT2D eigenvalue weighted by atomic mass is 10.7. The van der Waals surface area contributed by atoms with E-state index in [0.29, 0.717) is 0 Å². The van der Waals surface area contributed by atoms with E-state index >= 15 is 0 Å². The fourth-order valence-corrected chi connectivity index (χ4v) is 0.191. The van der Waals surface area contributed by atoms with Crippen molar-refractivity contribution in [2.75, 3.05) is 6.54 Å². The van der Waals surface area contributed by atoms with Crippen molar-refractivity contribution in [2.24, 2.45) is 15.9 Å². The van der Waals surface area contributed by atoms with E-state index in [4.69, 9.17) is 5.84 Å². The molecule has 2 N–H and O–H groups in total. The molecule has 0 aliphatic rings. The molecule has 0 rings (SSSR count). The molecule has 0 saturated carbocycles. The van der Waals surface area contributed by atoms with Gasteiger partial charge >= 0.3 is 0 Å². The lowest BCUT2D eigenvalue weighted by Crippen LogP contribution is -1.83. The summed E-state index contributed by atoms with van der Waals surface area (Å²) in [6.45, 7) is 2.73. The maximum absolute atomic E-state index is 4.75. The Labute approximate surface area is 42.9 Å². The number of hydrogen-bond acceptors (Lipinski definition) is 3. The van der Waals surface area contributed by atoms with Crippen molar-refractivity contribution in [3.05, 3.63) is 0 Å². The molecule has 7 heavy (non-hydrogen) atoms. The zero-order valence-electron chi connectivity index (χ0n) is 4.33. The van der Waals surface area contributed by atoms with E-state index in [-0.39, 0.29) is 0 Å². The smallest absolute Gasteiger partial charge is 0.0644 e. The van der Waals surface area contributed by atoms with E-state index < -0.39 is 0 Å². The Hall–Kier alpha value is -0.860. The predicted octanol–water partition coefficient (Wildman–Crippen LogP) is 0.0216. The summed E-state index contributed by atoms with van der Waals surface area (Å²) in [6.07, 6.45) is 3.02. The van der Waals surface area contributed by atoms with Crippen LogP contribution >= 0.6 is 0 Å². The van der Waals surface area contributed by atoms with E-state index in [9.17, 15) is 0 Å². The number of rotatable bonds is 2. The lowest BCUT2D eigenvalue weighted by Gasteiger charge is -1.72. The van der Waals surface area contributed by atoms with E-state index in [1.54, 1.807) is 6.21 Å². The van der Waals surface area contributed by atoms with Crippen molar-refractivity contribution in [1.82, 2.24) is 0 Å². The lowest BCUT2D eigenvalue weighted by molar-refractivity contribution is 1.14. The molecule has 0 aliphatic carbocycles. The normalized spacial score (nSPS) is 11.6. The van der Waals surface area contributed by atoms with Crippen LogP contribution in [0.15, 0.2) is 10.1 Å². The second-order valence-corrected chi connectivity index (χ2v) is 0.946. The molecular formula is C4H9N3. The molecular weight excluding hydrogens is 90.1 g/mol. The minimum absolute atomic E-state index is 0.784. The van der Waals surface area contributed by atoms with Crippen LogP contribution in [0, 0.1) is 0 Å². The third-order valence-corrected chi connectivity index (χ3v) is 0.441. The highest BCUT2D eigenvalue weighted by molar-refractivity contribution is 6.15. The molecule has 0 radical (unpaired) electrons. The zero-order chi connectivity index (χ0) is 5.54. The zero-order valence-corrected chi connectivity index (χ0v) is 4.33. The monoisotopic (exact) mass is 99.1 g/mol. The van der Waals surface area contributed by atoms with Gasteiger partial charge in [-0.2, -0.15) is 5.10 Å². The van der Waals surface area contributed by atoms with Crippen LogP contribution in [0.1, 0.15) is 6.92 Å². The second-order valence-electron chi connectivity index (χ2n) is 0.946. The topological polar surface area (TPSA) is 50.7 Å². The van der Waals surface area contributed by atoms with Crippen molar-refractivity contribution in [1.29, 1.82) is 0 Å². The number of nitrogens with zero attached hydrogens (tertiary/aromatic N) is 2. The van der Waals surface area contributed by atoms with Crippen LogP contribution < -0.4 is 5.84 Å². The fourth-order valence-electron chi connectivity index (χ4n) is 0.191. The minimum Gasteiger partial charge on any atom is -0.323 e. The van der Waals surface area contributed by atoms with Crippen molar-refractivity contribution in [3.63, 3.8) is 0 Å². The molecule has 0 spiro atoms. The van der Waals surface area contributed by atoms with Crippen molar-refractivity contribution in [3.8, 4) is 0 Å². The molecule has 3 nitrogen and oxygen atoms in total. The van der Waals surface area contributed by atoms with E-state index in [1.807, 2.05) is 6.92 Å². The first-order valence-corrected chi connectivity index (χ1v) is 2.13. The summed E-state index contributed by atoms with van der Waals surface area (Å²) >= 11 is 0. The van der Waals surface area contributed by atoms with Crippen molar-refractivity contribution in [2.45, 2.75) is 6.92 Å². The average Bonchev–Trinajstić information content (AvgIpc) is 1.69. The molecule has 0 heterocycles. The molecule has 0 saturated heterocycles. The minimum atomic E-state index is 0.784. The molecule has 3 heteroatoms. The van der Waals surface area contributed by atoms with Gasteiger partial charge in [-0.05, 0) is 6.92 Å². The molecule has 0 unspecified atom stereocenters. The Morgan fingerprint density at radius 3 is 2.71 bits per heavy atom. The first-order chi connectivity index (χ1) is 3.41. The Kier molecular flexibility index (Phi) is 4.51. The van der Waals surface area contributed by atoms with Gasteiger partial charge in [0, 0.05) is 12.8 Å². The van der Waals surface area contributed by atoms with Crippen LogP contribution in [-0.2, 0) is 0 Å². The van der Waals surface area contributed by atoms with E-state index in [0.717, 1.165) is 6.54 Å². The molecule has 0 fully saturated rings. The van der Waals surface area contributed by atoms with E-state index in [1.165, 1.54) is 6.21 Å². The number of nitrogens with two attached hydrogens (primary N) is 1. The molecule has 0 atom stereocenters. The van der Waals surface area contributed by atoms with Gasteiger partial charge in [-0.3, -0.25) is 4.99 Å². The van der Waals surface area contributed by atoms with Gasteiger partial charge in [-0.15, -0.1) is 0 Å². The summed E-state index contributed by atoms with van der Waals surface area (Å²) in [7, 11) is 0. The Morgan fingerprint density at radius 1 is 1.57 bits per heavy atom. The second kappa shape index (κ2) is 5.14. The van der Waals surface area contributed by atoms with Crippen LogP contribution in [-0.4, -0.2) is 19.0 Å². The molecule has 0 aromatic heterocycles. The van der Waals surface area contributed by atoms with Crippen LogP contribution in [0.3, 0.4) is 0 Å². The van der Waals surface area contributed by atoms with Crippen LogP contribution in [0.4, 0.5) is 0 Å². The van der Waals surface area contributed by atoms with Crippen LogP contribution in [0.2, 0.25) is 0 Å². The number of hydrogen-bond donors (Lipinski definition) is 1. The fraction of sp³-hybridized carbons (Fsp3) is 0.500. The van der Waals surface area contributed by atoms with Crippen LogP contribution in [0.25, 0.3) is 0 Å². The van der Waals surface area contributed by atoms with Gasteiger partial charge in [0.2, 0.25) is 0 Å². The molecule has 0 aromatic carbocycles. The van der Waals surface area contributed by atoms with Crippen molar-refractivity contribution < 1.29 is 0 Å². The Bertz CT molecular complexity index is 75.0.